The Hall–Kier alpha value is -2.01. The van der Waals surface area contributed by atoms with Crippen LogP contribution in [0, 0.1) is 0 Å². The van der Waals surface area contributed by atoms with Crippen molar-refractivity contribution < 1.29 is 9.47 Å². The molecule has 1 aliphatic rings. The van der Waals surface area contributed by atoms with Gasteiger partial charge in [-0.1, -0.05) is 29.8 Å². The minimum absolute atomic E-state index is 0.0216. The second kappa shape index (κ2) is 4.93. The molecule has 3 rings (SSSR count). The molecule has 0 saturated carbocycles. The monoisotopic (exact) mass is 277 g/mol. The highest BCUT2D eigenvalue weighted by atomic mass is 35.5. The summed E-state index contributed by atoms with van der Waals surface area (Å²) in [6.07, 6.45) is 1.51. The van der Waals surface area contributed by atoms with Gasteiger partial charge in [-0.2, -0.15) is 4.98 Å². The average Bonchev–Trinajstić information content (AvgIpc) is 2.85. The first-order valence-electron chi connectivity index (χ1n) is 5.82. The fourth-order valence-corrected chi connectivity index (χ4v) is 2.14. The molecule has 0 fully saturated rings. The number of aromatic nitrogens is 2. The number of hydrogen-bond donors (Lipinski definition) is 1. The summed E-state index contributed by atoms with van der Waals surface area (Å²) in [7, 11) is 1.51. The predicted octanol–water partition coefficient (Wildman–Crippen LogP) is 2.68. The Morgan fingerprint density at radius 1 is 1.42 bits per heavy atom. The Morgan fingerprint density at radius 3 is 3.11 bits per heavy atom. The van der Waals surface area contributed by atoms with Gasteiger partial charge in [-0.05, 0) is 6.07 Å². The van der Waals surface area contributed by atoms with Crippen LogP contribution in [0.5, 0.6) is 11.8 Å². The van der Waals surface area contributed by atoms with Crippen LogP contribution in [0.25, 0.3) is 0 Å². The van der Waals surface area contributed by atoms with E-state index in [1.807, 2.05) is 24.3 Å². The molecule has 19 heavy (non-hydrogen) atoms. The number of anilines is 1. The van der Waals surface area contributed by atoms with E-state index in [0.717, 1.165) is 11.3 Å². The third kappa shape index (κ3) is 2.29. The second-order valence-electron chi connectivity index (χ2n) is 4.10. The number of fused-ring (bicyclic) bond motifs is 1. The Kier molecular flexibility index (Phi) is 3.13. The van der Waals surface area contributed by atoms with Gasteiger partial charge in [0.05, 0.1) is 19.3 Å². The molecule has 0 radical (unpaired) electrons. The molecule has 1 N–H and O–H groups in total. The summed E-state index contributed by atoms with van der Waals surface area (Å²) >= 11 is 6.07. The lowest BCUT2D eigenvalue weighted by Crippen LogP contribution is -2.13. The summed E-state index contributed by atoms with van der Waals surface area (Å²) in [4.78, 5) is 8.14. The number of para-hydroxylation sites is 1. The zero-order valence-corrected chi connectivity index (χ0v) is 11.0. The number of halogens is 1. The van der Waals surface area contributed by atoms with Crippen molar-refractivity contribution in [2.45, 2.75) is 6.04 Å². The second-order valence-corrected chi connectivity index (χ2v) is 4.51. The largest absolute Gasteiger partial charge is 0.491 e. The van der Waals surface area contributed by atoms with Gasteiger partial charge in [0, 0.05) is 5.56 Å². The van der Waals surface area contributed by atoms with Gasteiger partial charge >= 0.3 is 6.01 Å². The van der Waals surface area contributed by atoms with E-state index in [1.165, 1.54) is 13.3 Å². The maximum absolute atomic E-state index is 6.07. The van der Waals surface area contributed by atoms with Crippen molar-refractivity contribution >= 4 is 17.4 Å². The van der Waals surface area contributed by atoms with Crippen molar-refractivity contribution in [3.8, 4) is 11.8 Å². The molecule has 2 aromatic rings. The number of nitrogens with zero attached hydrogens (tertiary/aromatic N) is 2. The fraction of sp³-hybridized carbons (Fsp3) is 0.231. The van der Waals surface area contributed by atoms with Gasteiger partial charge in [0.25, 0.3) is 0 Å². The lowest BCUT2D eigenvalue weighted by atomic mass is 10.1. The molecule has 0 spiro atoms. The number of nitrogens with one attached hydrogen (secondary N) is 1. The van der Waals surface area contributed by atoms with Crippen molar-refractivity contribution in [1.82, 2.24) is 9.97 Å². The molecule has 2 heterocycles. The highest BCUT2D eigenvalue weighted by Crippen LogP contribution is 2.35. The molecule has 98 valence electrons. The van der Waals surface area contributed by atoms with Gasteiger partial charge in [0.2, 0.25) is 0 Å². The quantitative estimate of drug-likeness (QED) is 0.935. The van der Waals surface area contributed by atoms with E-state index in [-0.39, 0.29) is 12.1 Å². The molecule has 0 saturated heterocycles. The van der Waals surface area contributed by atoms with Crippen LogP contribution in [0.1, 0.15) is 11.6 Å². The first-order chi connectivity index (χ1) is 9.28. The summed E-state index contributed by atoms with van der Waals surface area (Å²) in [5.41, 5.74) is 1.09. The van der Waals surface area contributed by atoms with Gasteiger partial charge in [-0.15, -0.1) is 0 Å². The Bertz CT molecular complexity index is 606. The molecule has 0 amide bonds. The van der Waals surface area contributed by atoms with Crippen LogP contribution < -0.4 is 14.8 Å². The van der Waals surface area contributed by atoms with E-state index in [1.54, 1.807) is 0 Å². The maximum Gasteiger partial charge on any atom is 0.318 e. The van der Waals surface area contributed by atoms with Crippen LogP contribution in [-0.4, -0.2) is 23.7 Å². The molecular weight excluding hydrogens is 266 g/mol. The van der Waals surface area contributed by atoms with Crippen molar-refractivity contribution in [3.05, 3.63) is 41.0 Å². The summed E-state index contributed by atoms with van der Waals surface area (Å²) < 4.78 is 10.6. The van der Waals surface area contributed by atoms with Gasteiger partial charge in [0.15, 0.2) is 5.82 Å². The number of benzene rings is 1. The Morgan fingerprint density at radius 2 is 2.26 bits per heavy atom. The highest BCUT2D eigenvalue weighted by molar-refractivity contribution is 6.32. The lowest BCUT2D eigenvalue weighted by Gasteiger charge is -2.13. The van der Waals surface area contributed by atoms with E-state index >= 15 is 0 Å². The predicted molar refractivity (Wildman–Crippen MR) is 71.9 cm³/mol. The minimum Gasteiger partial charge on any atom is -0.491 e. The minimum atomic E-state index is 0.0216. The molecule has 1 aromatic carbocycles. The molecule has 1 unspecified atom stereocenters. The summed E-state index contributed by atoms with van der Waals surface area (Å²) in [5, 5.41) is 3.70. The van der Waals surface area contributed by atoms with Crippen LogP contribution in [-0.2, 0) is 0 Å². The van der Waals surface area contributed by atoms with Gasteiger partial charge in [-0.3, -0.25) is 0 Å². The van der Waals surface area contributed by atoms with E-state index in [2.05, 4.69) is 15.3 Å². The van der Waals surface area contributed by atoms with Crippen LogP contribution in [0.15, 0.2) is 30.5 Å². The molecule has 1 aromatic heterocycles. The Balaban J connectivity index is 1.87. The molecule has 0 aliphatic carbocycles. The third-order valence-electron chi connectivity index (χ3n) is 2.92. The van der Waals surface area contributed by atoms with Crippen LogP contribution in [0.2, 0.25) is 5.02 Å². The SMILES string of the molecule is COc1ncc(Cl)c(NC2COc3ccccc32)n1. The van der Waals surface area contributed by atoms with E-state index < -0.39 is 0 Å². The number of rotatable bonds is 3. The smallest absolute Gasteiger partial charge is 0.318 e. The molecule has 0 bridgehead atoms. The van der Waals surface area contributed by atoms with Crippen LogP contribution >= 0.6 is 11.6 Å². The van der Waals surface area contributed by atoms with Gasteiger partial charge < -0.3 is 14.8 Å². The summed E-state index contributed by atoms with van der Waals surface area (Å²) in [5.74, 6) is 1.43. The molecule has 6 heteroatoms. The highest BCUT2D eigenvalue weighted by Gasteiger charge is 2.24. The fourth-order valence-electron chi connectivity index (χ4n) is 2.00. The zero-order chi connectivity index (χ0) is 13.2. The van der Waals surface area contributed by atoms with Crippen molar-refractivity contribution in [3.63, 3.8) is 0 Å². The number of ether oxygens (including phenoxy) is 2. The third-order valence-corrected chi connectivity index (χ3v) is 3.19. The zero-order valence-electron chi connectivity index (χ0n) is 10.3. The van der Waals surface area contributed by atoms with E-state index in [9.17, 15) is 0 Å². The molecule has 5 nitrogen and oxygen atoms in total. The lowest BCUT2D eigenvalue weighted by molar-refractivity contribution is 0.339. The standard InChI is InChI=1S/C13H12ClN3O2/c1-18-13-15-6-9(14)12(17-13)16-10-7-19-11-5-3-2-4-8(10)11/h2-6,10H,7H2,1H3,(H,15,16,17). The van der Waals surface area contributed by atoms with E-state index in [0.29, 0.717) is 17.4 Å². The van der Waals surface area contributed by atoms with Crippen molar-refractivity contribution in [2.24, 2.45) is 0 Å². The molecular formula is C13H12ClN3O2. The number of methoxy groups -OCH3 is 1. The summed E-state index contributed by atoms with van der Waals surface area (Å²) in [6.45, 7) is 0.544. The van der Waals surface area contributed by atoms with Crippen molar-refractivity contribution in [1.29, 1.82) is 0 Å². The molecule has 1 aliphatic heterocycles. The topological polar surface area (TPSA) is 56.3 Å². The Labute approximate surface area is 115 Å². The molecule has 1 atom stereocenters. The summed E-state index contributed by atoms with van der Waals surface area (Å²) in [6, 6.07) is 8.19. The van der Waals surface area contributed by atoms with Crippen molar-refractivity contribution in [2.75, 3.05) is 19.0 Å². The first-order valence-corrected chi connectivity index (χ1v) is 6.20. The normalized spacial score (nSPS) is 16.6. The van der Waals surface area contributed by atoms with E-state index in [4.69, 9.17) is 21.1 Å². The van der Waals surface area contributed by atoms with Crippen LogP contribution in [0.3, 0.4) is 0 Å². The van der Waals surface area contributed by atoms with Gasteiger partial charge in [-0.25, -0.2) is 4.98 Å². The van der Waals surface area contributed by atoms with Crippen LogP contribution in [0.4, 0.5) is 5.82 Å². The average molecular weight is 278 g/mol. The van der Waals surface area contributed by atoms with Gasteiger partial charge in [0.1, 0.15) is 17.4 Å². The first kappa shape index (κ1) is 12.0. The maximum atomic E-state index is 6.07. The number of hydrogen-bond acceptors (Lipinski definition) is 5.